The van der Waals surface area contributed by atoms with E-state index in [1.807, 2.05) is 32.9 Å². The van der Waals surface area contributed by atoms with Crippen LogP contribution in [0.1, 0.15) is 43.0 Å². The number of benzene rings is 2. The van der Waals surface area contributed by atoms with Crippen LogP contribution in [0.5, 0.6) is 5.75 Å². The van der Waals surface area contributed by atoms with Gasteiger partial charge in [0.1, 0.15) is 23.8 Å². The third-order valence-corrected chi connectivity index (χ3v) is 4.94. The van der Waals surface area contributed by atoms with Gasteiger partial charge in [0.15, 0.2) is 0 Å². The first-order chi connectivity index (χ1) is 13.7. The van der Waals surface area contributed by atoms with E-state index in [9.17, 15) is 9.18 Å². The van der Waals surface area contributed by atoms with E-state index in [1.165, 1.54) is 18.2 Å². The molecule has 0 saturated heterocycles. The third kappa shape index (κ3) is 4.99. The lowest BCUT2D eigenvalue weighted by Crippen LogP contribution is -2.40. The number of halogens is 2. The summed E-state index contributed by atoms with van der Waals surface area (Å²) >= 11 is 6.54. The SMILES string of the molecule is CC(C)(C)OC(=O)N1CCc2ccc(OCc3ccc(C#N)cc3F)c(Cl)c2C1. The van der Waals surface area contributed by atoms with Crippen LogP contribution < -0.4 is 4.74 Å². The number of nitriles is 1. The fourth-order valence-corrected chi connectivity index (χ4v) is 3.35. The molecule has 0 unspecified atom stereocenters. The van der Waals surface area contributed by atoms with Gasteiger partial charge < -0.3 is 14.4 Å². The average Bonchev–Trinajstić information content (AvgIpc) is 2.66. The van der Waals surface area contributed by atoms with Gasteiger partial charge in [0.2, 0.25) is 0 Å². The van der Waals surface area contributed by atoms with Crippen LogP contribution in [0.4, 0.5) is 9.18 Å². The zero-order valence-electron chi connectivity index (χ0n) is 16.6. The third-order valence-electron chi connectivity index (χ3n) is 4.52. The number of hydrogen-bond donors (Lipinski definition) is 0. The summed E-state index contributed by atoms with van der Waals surface area (Å²) in [5.41, 5.74) is 1.86. The molecule has 0 aliphatic carbocycles. The van der Waals surface area contributed by atoms with Crippen LogP contribution in [0.3, 0.4) is 0 Å². The molecule has 1 amide bonds. The molecule has 0 aromatic heterocycles. The van der Waals surface area contributed by atoms with Crippen LogP contribution in [0, 0.1) is 17.1 Å². The molecule has 0 radical (unpaired) electrons. The number of hydrogen-bond acceptors (Lipinski definition) is 4. The Hall–Kier alpha value is -2.78. The van der Waals surface area contributed by atoms with Gasteiger partial charge in [0.25, 0.3) is 0 Å². The first-order valence-electron chi connectivity index (χ1n) is 9.27. The summed E-state index contributed by atoms with van der Waals surface area (Å²) in [5.74, 6) is -0.0885. The van der Waals surface area contributed by atoms with Crippen molar-refractivity contribution in [1.29, 1.82) is 5.26 Å². The summed E-state index contributed by atoms with van der Waals surface area (Å²) in [5, 5.41) is 9.24. The van der Waals surface area contributed by atoms with E-state index in [0.717, 1.165) is 11.1 Å². The van der Waals surface area contributed by atoms with E-state index in [4.69, 9.17) is 26.3 Å². The zero-order chi connectivity index (χ0) is 21.2. The van der Waals surface area contributed by atoms with Gasteiger partial charge in [-0.25, -0.2) is 9.18 Å². The summed E-state index contributed by atoms with van der Waals surface area (Å²) in [4.78, 5) is 14.0. The minimum absolute atomic E-state index is 0.0220. The second-order valence-corrected chi connectivity index (χ2v) is 8.25. The van der Waals surface area contributed by atoms with Crippen molar-refractivity contribution in [3.8, 4) is 11.8 Å². The van der Waals surface area contributed by atoms with Gasteiger partial charge in [-0.3, -0.25) is 0 Å². The van der Waals surface area contributed by atoms with Crippen molar-refractivity contribution in [2.75, 3.05) is 6.54 Å². The Bertz CT molecular complexity index is 979. The van der Waals surface area contributed by atoms with Gasteiger partial charge in [0, 0.05) is 12.1 Å². The maximum absolute atomic E-state index is 14.1. The lowest BCUT2D eigenvalue weighted by molar-refractivity contribution is 0.0224. The monoisotopic (exact) mass is 416 g/mol. The first-order valence-corrected chi connectivity index (χ1v) is 9.65. The second-order valence-electron chi connectivity index (χ2n) is 7.87. The minimum atomic E-state index is -0.572. The molecule has 1 aliphatic rings. The van der Waals surface area contributed by atoms with Crippen LogP contribution in [-0.4, -0.2) is 23.1 Å². The highest BCUT2D eigenvalue weighted by atomic mass is 35.5. The van der Waals surface area contributed by atoms with Crippen molar-refractivity contribution in [3.63, 3.8) is 0 Å². The molecule has 1 heterocycles. The van der Waals surface area contributed by atoms with Crippen molar-refractivity contribution in [1.82, 2.24) is 4.90 Å². The molecular formula is C22H22ClFN2O3. The van der Waals surface area contributed by atoms with Crippen LogP contribution in [-0.2, 0) is 24.3 Å². The second kappa shape index (κ2) is 8.30. The van der Waals surface area contributed by atoms with Gasteiger partial charge in [0.05, 0.1) is 23.2 Å². The zero-order valence-corrected chi connectivity index (χ0v) is 17.3. The number of ether oxygens (including phenoxy) is 2. The van der Waals surface area contributed by atoms with Crippen LogP contribution in [0.2, 0.25) is 5.02 Å². The van der Waals surface area contributed by atoms with Gasteiger partial charge >= 0.3 is 6.09 Å². The van der Waals surface area contributed by atoms with E-state index in [1.54, 1.807) is 11.0 Å². The van der Waals surface area contributed by atoms with Crippen molar-refractivity contribution in [2.45, 2.75) is 45.9 Å². The standard InChI is InChI=1S/C22H22ClFN2O3/c1-22(2,3)29-21(27)26-9-8-15-6-7-19(20(23)17(15)12-26)28-13-16-5-4-14(11-25)10-18(16)24/h4-7,10H,8-9,12-13H2,1-3H3. The predicted octanol–water partition coefficient (Wildman–Crippen LogP) is 5.22. The highest BCUT2D eigenvalue weighted by molar-refractivity contribution is 6.33. The minimum Gasteiger partial charge on any atom is -0.487 e. The molecule has 3 rings (SSSR count). The molecule has 0 spiro atoms. The largest absolute Gasteiger partial charge is 0.487 e. The molecule has 7 heteroatoms. The summed E-state index contributed by atoms with van der Waals surface area (Å²) in [6, 6.07) is 9.79. The van der Waals surface area contributed by atoms with Gasteiger partial charge in [-0.1, -0.05) is 23.7 Å². The number of amides is 1. The fourth-order valence-electron chi connectivity index (χ4n) is 3.05. The molecule has 0 fully saturated rings. The van der Waals surface area contributed by atoms with E-state index in [2.05, 4.69) is 0 Å². The van der Waals surface area contributed by atoms with Crippen LogP contribution >= 0.6 is 11.6 Å². The molecule has 0 N–H and O–H groups in total. The van der Waals surface area contributed by atoms with Crippen molar-refractivity contribution in [3.05, 3.63) is 63.4 Å². The highest BCUT2D eigenvalue weighted by Crippen LogP contribution is 2.35. The Morgan fingerprint density at radius 3 is 2.72 bits per heavy atom. The smallest absolute Gasteiger partial charge is 0.410 e. The Morgan fingerprint density at radius 2 is 2.07 bits per heavy atom. The van der Waals surface area contributed by atoms with Crippen molar-refractivity contribution < 1.29 is 18.7 Å². The van der Waals surface area contributed by atoms with Crippen molar-refractivity contribution in [2.24, 2.45) is 0 Å². The fraction of sp³-hybridized carbons (Fsp3) is 0.364. The van der Waals surface area contributed by atoms with E-state index in [0.29, 0.717) is 35.8 Å². The number of carbonyl (C=O) groups is 1. The Morgan fingerprint density at radius 1 is 1.31 bits per heavy atom. The molecule has 2 aromatic carbocycles. The maximum atomic E-state index is 14.1. The molecule has 29 heavy (non-hydrogen) atoms. The van der Waals surface area contributed by atoms with E-state index >= 15 is 0 Å². The Labute approximate surface area is 174 Å². The summed E-state index contributed by atoms with van der Waals surface area (Å²) in [7, 11) is 0. The molecule has 0 saturated carbocycles. The summed E-state index contributed by atoms with van der Waals surface area (Å²) < 4.78 is 25.2. The number of fused-ring (bicyclic) bond motifs is 1. The lowest BCUT2D eigenvalue weighted by atomic mass is 9.99. The molecular weight excluding hydrogens is 395 g/mol. The quantitative estimate of drug-likeness (QED) is 0.687. The molecule has 1 aliphatic heterocycles. The predicted molar refractivity (Wildman–Crippen MR) is 107 cm³/mol. The van der Waals surface area contributed by atoms with E-state index in [-0.39, 0.29) is 18.3 Å². The number of nitrogens with zero attached hydrogens (tertiary/aromatic N) is 2. The summed E-state index contributed by atoms with van der Waals surface area (Å²) in [6.45, 7) is 6.32. The molecule has 5 nitrogen and oxygen atoms in total. The molecule has 0 bridgehead atoms. The van der Waals surface area contributed by atoms with Crippen LogP contribution in [0.15, 0.2) is 30.3 Å². The normalized spacial score (nSPS) is 13.4. The van der Waals surface area contributed by atoms with E-state index < -0.39 is 11.4 Å². The van der Waals surface area contributed by atoms with Gasteiger partial charge in [-0.15, -0.1) is 0 Å². The van der Waals surface area contributed by atoms with Crippen molar-refractivity contribution >= 4 is 17.7 Å². The van der Waals surface area contributed by atoms with Gasteiger partial charge in [-0.2, -0.15) is 5.26 Å². The molecule has 2 aromatic rings. The highest BCUT2D eigenvalue weighted by Gasteiger charge is 2.27. The lowest BCUT2D eigenvalue weighted by Gasteiger charge is -2.32. The molecule has 0 atom stereocenters. The Balaban J connectivity index is 1.75. The average molecular weight is 417 g/mol. The molecule has 152 valence electrons. The topological polar surface area (TPSA) is 62.6 Å². The van der Waals surface area contributed by atoms with Crippen LogP contribution in [0.25, 0.3) is 0 Å². The van der Waals surface area contributed by atoms with Gasteiger partial charge in [-0.05, 0) is 56.5 Å². The number of carbonyl (C=O) groups excluding carboxylic acids is 1. The summed E-state index contributed by atoms with van der Waals surface area (Å²) in [6.07, 6.45) is 0.281. The first kappa shape index (κ1) is 20.9. The number of rotatable bonds is 3. The maximum Gasteiger partial charge on any atom is 0.410 e. The Kier molecular flexibility index (Phi) is 5.99.